The first kappa shape index (κ1) is 18.9. The minimum absolute atomic E-state index is 0.0584. The molecule has 0 N–H and O–H groups in total. The van der Waals surface area contributed by atoms with Crippen LogP contribution in [-0.2, 0) is 0 Å². The number of nitrogens with zero attached hydrogens (tertiary/aromatic N) is 5. The predicted octanol–water partition coefficient (Wildman–Crippen LogP) is 4.21. The number of carbonyl (C=O) groups excluding carboxylic acids is 1. The second-order valence-electron chi connectivity index (χ2n) is 7.69. The van der Waals surface area contributed by atoms with Crippen LogP contribution < -0.4 is 4.90 Å². The molecule has 1 aliphatic heterocycles. The summed E-state index contributed by atoms with van der Waals surface area (Å²) in [4.78, 5) is 31.4. The molecule has 30 heavy (non-hydrogen) atoms. The van der Waals surface area contributed by atoms with E-state index >= 15 is 0 Å². The number of aryl methyl sites for hydroxylation is 2. The van der Waals surface area contributed by atoms with Gasteiger partial charge in [0.25, 0.3) is 5.91 Å². The third-order valence-electron chi connectivity index (χ3n) is 5.66. The summed E-state index contributed by atoms with van der Waals surface area (Å²) in [5, 5.41) is 1.04. The zero-order valence-corrected chi connectivity index (χ0v) is 17.9. The van der Waals surface area contributed by atoms with E-state index in [1.807, 2.05) is 49.1 Å². The molecule has 2 aromatic heterocycles. The number of rotatable bonds is 2. The molecule has 0 radical (unpaired) electrons. The van der Waals surface area contributed by atoms with Gasteiger partial charge in [-0.05, 0) is 50.6 Å². The van der Waals surface area contributed by atoms with Crippen LogP contribution in [0.1, 0.15) is 28.2 Å². The summed E-state index contributed by atoms with van der Waals surface area (Å²) >= 11 is 1.72. The fourth-order valence-electron chi connectivity index (χ4n) is 3.85. The van der Waals surface area contributed by atoms with E-state index in [1.165, 1.54) is 4.70 Å². The van der Waals surface area contributed by atoms with Crippen LogP contribution in [0, 0.1) is 13.8 Å². The Morgan fingerprint density at radius 3 is 2.50 bits per heavy atom. The van der Waals surface area contributed by atoms with Crippen LogP contribution in [-0.4, -0.2) is 51.9 Å². The SMILES string of the molecule is Cc1nc2ccc(C(=O)N3CCCN(c4nc5ccccc5s4)CC3)cc2nc1C. The molecule has 0 aliphatic carbocycles. The molecule has 7 heteroatoms. The molecule has 1 amide bonds. The highest BCUT2D eigenvalue weighted by Gasteiger charge is 2.22. The van der Waals surface area contributed by atoms with Crippen molar-refractivity contribution in [1.82, 2.24) is 19.9 Å². The lowest BCUT2D eigenvalue weighted by Crippen LogP contribution is -2.35. The number of fused-ring (bicyclic) bond motifs is 2. The van der Waals surface area contributed by atoms with Crippen molar-refractivity contribution in [3.05, 3.63) is 59.4 Å². The number of para-hydroxylation sites is 1. The Kier molecular flexibility index (Phi) is 4.83. The molecule has 4 aromatic rings. The Hall–Kier alpha value is -3.06. The Morgan fingerprint density at radius 1 is 0.867 bits per heavy atom. The van der Waals surface area contributed by atoms with Crippen LogP contribution in [0.25, 0.3) is 21.3 Å². The summed E-state index contributed by atoms with van der Waals surface area (Å²) in [7, 11) is 0. The van der Waals surface area contributed by atoms with Crippen LogP contribution in [0.15, 0.2) is 42.5 Å². The van der Waals surface area contributed by atoms with Gasteiger partial charge >= 0.3 is 0 Å². The molecule has 3 heterocycles. The molecule has 1 fully saturated rings. The average Bonchev–Trinajstić information content (AvgIpc) is 3.03. The molecule has 1 aliphatic rings. The maximum absolute atomic E-state index is 13.2. The maximum Gasteiger partial charge on any atom is 0.253 e. The van der Waals surface area contributed by atoms with Gasteiger partial charge in [-0.25, -0.2) is 15.0 Å². The molecular formula is C23H23N5OS. The van der Waals surface area contributed by atoms with Gasteiger partial charge in [0.05, 0.1) is 32.6 Å². The lowest BCUT2D eigenvalue weighted by Gasteiger charge is -2.22. The highest BCUT2D eigenvalue weighted by atomic mass is 32.1. The lowest BCUT2D eigenvalue weighted by atomic mass is 10.1. The fraction of sp³-hybridized carbons (Fsp3) is 0.304. The number of amides is 1. The van der Waals surface area contributed by atoms with Gasteiger partial charge in [0.1, 0.15) is 0 Å². The van der Waals surface area contributed by atoms with Gasteiger partial charge in [0, 0.05) is 31.7 Å². The van der Waals surface area contributed by atoms with Crippen molar-refractivity contribution in [3.63, 3.8) is 0 Å². The van der Waals surface area contributed by atoms with E-state index in [0.717, 1.165) is 59.1 Å². The summed E-state index contributed by atoms with van der Waals surface area (Å²) < 4.78 is 1.20. The lowest BCUT2D eigenvalue weighted by molar-refractivity contribution is 0.0767. The molecule has 6 nitrogen and oxygen atoms in total. The van der Waals surface area contributed by atoms with Crippen molar-refractivity contribution in [2.24, 2.45) is 0 Å². The van der Waals surface area contributed by atoms with Crippen LogP contribution in [0.2, 0.25) is 0 Å². The monoisotopic (exact) mass is 417 g/mol. The molecule has 0 unspecified atom stereocenters. The van der Waals surface area contributed by atoms with Gasteiger partial charge in [-0.15, -0.1) is 0 Å². The van der Waals surface area contributed by atoms with E-state index in [1.54, 1.807) is 11.3 Å². The molecule has 152 valence electrons. The molecule has 0 atom stereocenters. The van der Waals surface area contributed by atoms with Crippen LogP contribution in [0.5, 0.6) is 0 Å². The number of carbonyl (C=O) groups is 1. The quantitative estimate of drug-likeness (QED) is 0.489. The van der Waals surface area contributed by atoms with Crippen molar-refractivity contribution in [1.29, 1.82) is 0 Å². The zero-order chi connectivity index (χ0) is 20.7. The summed E-state index contributed by atoms with van der Waals surface area (Å²) in [6.45, 7) is 7.03. The number of thiazole rings is 1. The molecular weight excluding hydrogens is 394 g/mol. The smallest absolute Gasteiger partial charge is 0.253 e. The molecule has 1 saturated heterocycles. The molecule has 5 rings (SSSR count). The molecule has 0 spiro atoms. The molecule has 2 aromatic carbocycles. The summed E-state index contributed by atoms with van der Waals surface area (Å²) in [5.74, 6) is 0.0584. The summed E-state index contributed by atoms with van der Waals surface area (Å²) in [6.07, 6.45) is 0.924. The minimum atomic E-state index is 0.0584. The summed E-state index contributed by atoms with van der Waals surface area (Å²) in [5.41, 5.74) is 5.13. The van der Waals surface area contributed by atoms with Crippen LogP contribution >= 0.6 is 11.3 Å². The van der Waals surface area contributed by atoms with Gasteiger partial charge in [-0.2, -0.15) is 0 Å². The fourth-order valence-corrected chi connectivity index (χ4v) is 4.87. The Labute approximate surface area is 179 Å². The van der Waals surface area contributed by atoms with Gasteiger partial charge in [0.2, 0.25) is 0 Å². The van der Waals surface area contributed by atoms with Crippen molar-refractivity contribution in [2.75, 3.05) is 31.1 Å². The van der Waals surface area contributed by atoms with Crippen LogP contribution in [0.3, 0.4) is 0 Å². The van der Waals surface area contributed by atoms with Crippen molar-refractivity contribution in [2.45, 2.75) is 20.3 Å². The first-order valence-corrected chi connectivity index (χ1v) is 11.0. The van der Waals surface area contributed by atoms with Crippen LogP contribution in [0.4, 0.5) is 5.13 Å². The number of aromatic nitrogens is 3. The van der Waals surface area contributed by atoms with E-state index in [2.05, 4.69) is 27.0 Å². The number of anilines is 1. The normalized spacial score (nSPS) is 15.0. The maximum atomic E-state index is 13.2. The van der Waals surface area contributed by atoms with Gasteiger partial charge in [0.15, 0.2) is 5.13 Å². The second kappa shape index (κ2) is 7.65. The number of hydrogen-bond donors (Lipinski definition) is 0. The highest BCUT2D eigenvalue weighted by molar-refractivity contribution is 7.22. The minimum Gasteiger partial charge on any atom is -0.346 e. The Bertz CT molecular complexity index is 1220. The Morgan fingerprint density at radius 2 is 1.67 bits per heavy atom. The third-order valence-corrected chi connectivity index (χ3v) is 6.76. The highest BCUT2D eigenvalue weighted by Crippen LogP contribution is 2.29. The molecule has 0 bridgehead atoms. The second-order valence-corrected chi connectivity index (χ2v) is 8.70. The van der Waals surface area contributed by atoms with Gasteiger partial charge in [-0.1, -0.05) is 23.5 Å². The van der Waals surface area contributed by atoms with Gasteiger partial charge in [-0.3, -0.25) is 4.79 Å². The third kappa shape index (κ3) is 3.50. The standard InChI is InChI=1S/C23H23N5OS/c1-15-16(2)25-20-14-17(8-9-18(20)24-15)22(29)27-10-5-11-28(13-12-27)23-26-19-6-3-4-7-21(19)30-23/h3-4,6-9,14H,5,10-13H2,1-2H3. The van der Waals surface area contributed by atoms with Crippen molar-refractivity contribution < 1.29 is 4.79 Å². The topological polar surface area (TPSA) is 62.2 Å². The van der Waals surface area contributed by atoms with Gasteiger partial charge < -0.3 is 9.80 Å². The first-order chi connectivity index (χ1) is 14.6. The van der Waals surface area contributed by atoms with E-state index in [-0.39, 0.29) is 5.91 Å². The number of hydrogen-bond acceptors (Lipinski definition) is 6. The van der Waals surface area contributed by atoms with E-state index < -0.39 is 0 Å². The summed E-state index contributed by atoms with van der Waals surface area (Å²) in [6, 6.07) is 13.9. The largest absolute Gasteiger partial charge is 0.346 e. The first-order valence-electron chi connectivity index (χ1n) is 10.2. The number of benzene rings is 2. The molecule has 0 saturated carbocycles. The van der Waals surface area contributed by atoms with E-state index in [0.29, 0.717) is 12.1 Å². The van der Waals surface area contributed by atoms with E-state index in [4.69, 9.17) is 4.98 Å². The zero-order valence-electron chi connectivity index (χ0n) is 17.1. The predicted molar refractivity (Wildman–Crippen MR) is 121 cm³/mol. The van der Waals surface area contributed by atoms with E-state index in [9.17, 15) is 4.79 Å². The Balaban J connectivity index is 1.34. The van der Waals surface area contributed by atoms with Crippen molar-refractivity contribution >= 4 is 43.6 Å². The van der Waals surface area contributed by atoms with Crippen molar-refractivity contribution in [3.8, 4) is 0 Å². The average molecular weight is 418 g/mol.